The smallest absolute Gasteiger partial charge is 0.407 e. The van der Waals surface area contributed by atoms with Crippen LogP contribution in [0, 0.1) is 5.92 Å². The molecule has 1 aliphatic heterocycles. The number of nitrogens with zero attached hydrogens (tertiary/aromatic N) is 1. The summed E-state index contributed by atoms with van der Waals surface area (Å²) in [4.78, 5) is 36.9. The van der Waals surface area contributed by atoms with E-state index in [1.807, 2.05) is 6.92 Å². The van der Waals surface area contributed by atoms with Gasteiger partial charge in [-0.25, -0.2) is 9.59 Å². The third-order valence-electron chi connectivity index (χ3n) is 3.90. The first kappa shape index (κ1) is 17.3. The topological polar surface area (TPSA) is 95.9 Å². The molecule has 1 saturated heterocycles. The van der Waals surface area contributed by atoms with E-state index in [9.17, 15) is 19.5 Å². The summed E-state index contributed by atoms with van der Waals surface area (Å²) in [5, 5.41) is 11.8. The summed E-state index contributed by atoms with van der Waals surface area (Å²) in [7, 11) is 1.22. The number of likely N-dealkylation sites (tertiary alicyclic amines) is 1. The molecule has 1 rings (SSSR count). The summed E-state index contributed by atoms with van der Waals surface area (Å²) >= 11 is 0. The zero-order valence-corrected chi connectivity index (χ0v) is 13.0. The largest absolute Gasteiger partial charge is 0.480 e. The van der Waals surface area contributed by atoms with Gasteiger partial charge in [-0.15, -0.1) is 0 Å². The number of hydrogen-bond donors (Lipinski definition) is 2. The monoisotopic (exact) mass is 300 g/mol. The summed E-state index contributed by atoms with van der Waals surface area (Å²) in [5.74, 6) is -1.52. The van der Waals surface area contributed by atoms with Crippen molar-refractivity contribution in [2.75, 3.05) is 7.11 Å². The summed E-state index contributed by atoms with van der Waals surface area (Å²) < 4.78 is 4.53. The molecule has 1 fully saturated rings. The summed E-state index contributed by atoms with van der Waals surface area (Å²) in [6, 6.07) is -1.70. The van der Waals surface area contributed by atoms with Crippen molar-refractivity contribution in [2.24, 2.45) is 5.92 Å². The lowest BCUT2D eigenvalue weighted by Crippen LogP contribution is -2.55. The second-order valence-electron chi connectivity index (χ2n) is 5.60. The Morgan fingerprint density at radius 2 is 1.95 bits per heavy atom. The molecule has 0 saturated carbocycles. The highest BCUT2D eigenvalue weighted by Gasteiger charge is 2.43. The molecular weight excluding hydrogens is 276 g/mol. The van der Waals surface area contributed by atoms with E-state index in [1.165, 1.54) is 12.0 Å². The number of alkyl carbamates (subject to hydrolysis) is 1. The third-order valence-corrected chi connectivity index (χ3v) is 3.90. The number of rotatable bonds is 5. The first-order valence-corrected chi connectivity index (χ1v) is 7.22. The maximum atomic E-state index is 12.7. The first-order chi connectivity index (χ1) is 9.83. The molecule has 1 aliphatic rings. The molecular formula is C14H24N2O5. The number of carboxylic acids is 1. The first-order valence-electron chi connectivity index (χ1n) is 7.22. The number of methoxy groups -OCH3 is 1. The van der Waals surface area contributed by atoms with Gasteiger partial charge in [0.2, 0.25) is 5.91 Å². The molecule has 1 heterocycles. The molecule has 0 bridgehead atoms. The van der Waals surface area contributed by atoms with Crippen LogP contribution in [0.2, 0.25) is 0 Å². The van der Waals surface area contributed by atoms with E-state index >= 15 is 0 Å². The molecule has 2 N–H and O–H groups in total. The van der Waals surface area contributed by atoms with Crippen molar-refractivity contribution in [2.45, 2.75) is 58.2 Å². The zero-order valence-electron chi connectivity index (χ0n) is 13.0. The SMILES string of the molecule is CCC1CCC(C(=O)O)N1C(=O)C(NC(=O)OC)C(C)C. The minimum absolute atomic E-state index is 0.0979. The Bertz CT molecular complexity index is 410. The van der Waals surface area contributed by atoms with Gasteiger partial charge in [0.25, 0.3) is 0 Å². The molecule has 7 heteroatoms. The highest BCUT2D eigenvalue weighted by Crippen LogP contribution is 2.28. The van der Waals surface area contributed by atoms with Crippen molar-refractivity contribution in [3.63, 3.8) is 0 Å². The standard InChI is InChI=1S/C14H24N2O5/c1-5-9-6-7-10(13(18)19)16(9)12(17)11(8(2)3)15-14(20)21-4/h8-11H,5-7H2,1-4H3,(H,15,20)(H,18,19). The lowest BCUT2D eigenvalue weighted by molar-refractivity contribution is -0.151. The lowest BCUT2D eigenvalue weighted by atomic mass is 10.0. The van der Waals surface area contributed by atoms with E-state index in [1.54, 1.807) is 13.8 Å². The van der Waals surface area contributed by atoms with Crippen LogP contribution in [0.15, 0.2) is 0 Å². The second kappa shape index (κ2) is 7.28. The highest BCUT2D eigenvalue weighted by atomic mass is 16.5. The van der Waals surface area contributed by atoms with E-state index in [4.69, 9.17) is 0 Å². The maximum absolute atomic E-state index is 12.7. The van der Waals surface area contributed by atoms with Crippen LogP contribution < -0.4 is 5.32 Å². The number of aliphatic carboxylic acids is 1. The van der Waals surface area contributed by atoms with Crippen LogP contribution in [-0.2, 0) is 14.3 Å². The Hall–Kier alpha value is -1.79. The van der Waals surface area contributed by atoms with Crippen LogP contribution in [0.5, 0.6) is 0 Å². The predicted octanol–water partition coefficient (Wildman–Crippen LogP) is 1.22. The number of amides is 2. The third kappa shape index (κ3) is 3.86. The van der Waals surface area contributed by atoms with E-state index in [0.29, 0.717) is 19.3 Å². The molecule has 120 valence electrons. The van der Waals surface area contributed by atoms with Crippen LogP contribution in [0.1, 0.15) is 40.0 Å². The van der Waals surface area contributed by atoms with E-state index in [0.717, 1.165) is 0 Å². The quantitative estimate of drug-likeness (QED) is 0.796. The van der Waals surface area contributed by atoms with Gasteiger partial charge in [0.15, 0.2) is 0 Å². The van der Waals surface area contributed by atoms with Crippen molar-refractivity contribution in [3.05, 3.63) is 0 Å². The Kier molecular flexibility index (Phi) is 5.99. The fourth-order valence-corrected chi connectivity index (χ4v) is 2.72. The molecule has 0 aliphatic carbocycles. The Morgan fingerprint density at radius 1 is 1.33 bits per heavy atom. The zero-order chi connectivity index (χ0) is 16.2. The lowest BCUT2D eigenvalue weighted by Gasteiger charge is -2.33. The molecule has 0 radical (unpaired) electrons. The predicted molar refractivity (Wildman–Crippen MR) is 75.7 cm³/mol. The van der Waals surface area contributed by atoms with Crippen molar-refractivity contribution in [1.29, 1.82) is 0 Å². The fourth-order valence-electron chi connectivity index (χ4n) is 2.72. The van der Waals surface area contributed by atoms with Gasteiger partial charge in [-0.2, -0.15) is 0 Å². The molecule has 3 unspecified atom stereocenters. The van der Waals surface area contributed by atoms with Gasteiger partial charge >= 0.3 is 12.1 Å². The molecule has 2 amide bonds. The van der Waals surface area contributed by atoms with Crippen LogP contribution in [-0.4, -0.2) is 53.2 Å². The summed E-state index contributed by atoms with van der Waals surface area (Å²) in [6.07, 6.45) is 1.12. The number of carbonyl (C=O) groups excluding carboxylic acids is 2. The summed E-state index contributed by atoms with van der Waals surface area (Å²) in [6.45, 7) is 5.52. The maximum Gasteiger partial charge on any atom is 0.407 e. The molecule has 3 atom stereocenters. The van der Waals surface area contributed by atoms with Crippen molar-refractivity contribution in [1.82, 2.24) is 10.2 Å². The van der Waals surface area contributed by atoms with Gasteiger partial charge < -0.3 is 20.1 Å². The van der Waals surface area contributed by atoms with Gasteiger partial charge in [0.05, 0.1) is 7.11 Å². The second-order valence-corrected chi connectivity index (χ2v) is 5.60. The number of hydrogen-bond acceptors (Lipinski definition) is 4. The van der Waals surface area contributed by atoms with Crippen molar-refractivity contribution in [3.8, 4) is 0 Å². The molecule has 0 aromatic carbocycles. The van der Waals surface area contributed by atoms with Crippen LogP contribution in [0.3, 0.4) is 0 Å². The minimum Gasteiger partial charge on any atom is -0.480 e. The molecule has 21 heavy (non-hydrogen) atoms. The average molecular weight is 300 g/mol. The minimum atomic E-state index is -1.00. The van der Waals surface area contributed by atoms with E-state index in [-0.39, 0.29) is 17.9 Å². The number of nitrogens with one attached hydrogen (secondary N) is 1. The van der Waals surface area contributed by atoms with Gasteiger partial charge in [0.1, 0.15) is 12.1 Å². The molecule has 0 aromatic rings. The number of ether oxygens (including phenoxy) is 1. The Balaban J connectivity index is 2.98. The van der Waals surface area contributed by atoms with E-state index in [2.05, 4.69) is 10.1 Å². The molecule has 0 aromatic heterocycles. The number of carbonyl (C=O) groups is 3. The average Bonchev–Trinajstić information content (AvgIpc) is 2.87. The van der Waals surface area contributed by atoms with Crippen LogP contribution >= 0.6 is 0 Å². The van der Waals surface area contributed by atoms with Crippen molar-refractivity contribution >= 4 is 18.0 Å². The molecule has 0 spiro atoms. The van der Waals surface area contributed by atoms with Crippen molar-refractivity contribution < 1.29 is 24.2 Å². The van der Waals surface area contributed by atoms with Gasteiger partial charge in [0, 0.05) is 6.04 Å². The van der Waals surface area contributed by atoms with Crippen LogP contribution in [0.4, 0.5) is 4.79 Å². The van der Waals surface area contributed by atoms with E-state index < -0.39 is 24.1 Å². The Morgan fingerprint density at radius 3 is 2.38 bits per heavy atom. The Labute approximate surface area is 124 Å². The van der Waals surface area contributed by atoms with Gasteiger partial charge in [-0.3, -0.25) is 4.79 Å². The molecule has 7 nitrogen and oxygen atoms in total. The number of carboxylic acid groups (broad SMARTS) is 1. The summed E-state index contributed by atoms with van der Waals surface area (Å²) in [5.41, 5.74) is 0. The fraction of sp³-hybridized carbons (Fsp3) is 0.786. The normalized spacial score (nSPS) is 23.0. The highest BCUT2D eigenvalue weighted by molar-refractivity contribution is 5.90. The van der Waals surface area contributed by atoms with Gasteiger partial charge in [-0.1, -0.05) is 20.8 Å². The van der Waals surface area contributed by atoms with Crippen LogP contribution in [0.25, 0.3) is 0 Å². The van der Waals surface area contributed by atoms with Gasteiger partial charge in [-0.05, 0) is 25.2 Å².